The number of carbonyl (C=O) groups excluding carboxylic acids is 1. The van der Waals surface area contributed by atoms with E-state index in [4.69, 9.17) is 4.42 Å². The van der Waals surface area contributed by atoms with E-state index in [1.54, 1.807) is 6.92 Å². The standard InChI is InChI=1S/C17H22N4O2S/c1-12-4-3-5-15(10-12)24-14-6-8-21(9-7-14)17(22)18-11-16-20-19-13(2)23-16/h3-5,10,14H,6-9,11H2,1-2H3,(H,18,22). The fourth-order valence-corrected chi connectivity index (χ4v) is 3.97. The summed E-state index contributed by atoms with van der Waals surface area (Å²) in [6.45, 7) is 5.67. The number of rotatable bonds is 4. The molecule has 7 heteroatoms. The van der Waals surface area contributed by atoms with Gasteiger partial charge in [-0.15, -0.1) is 22.0 Å². The Morgan fingerprint density at radius 2 is 2.12 bits per heavy atom. The molecule has 1 aromatic carbocycles. The zero-order valence-corrected chi connectivity index (χ0v) is 14.8. The van der Waals surface area contributed by atoms with Gasteiger partial charge in [-0.25, -0.2) is 4.79 Å². The molecule has 1 fully saturated rings. The zero-order valence-electron chi connectivity index (χ0n) is 14.0. The van der Waals surface area contributed by atoms with Gasteiger partial charge in [-0.2, -0.15) is 0 Å². The molecule has 1 aliphatic heterocycles. The highest BCUT2D eigenvalue weighted by Crippen LogP contribution is 2.30. The van der Waals surface area contributed by atoms with Crippen LogP contribution < -0.4 is 5.32 Å². The van der Waals surface area contributed by atoms with Gasteiger partial charge >= 0.3 is 6.03 Å². The van der Waals surface area contributed by atoms with E-state index in [0.29, 0.717) is 17.0 Å². The van der Waals surface area contributed by atoms with E-state index in [-0.39, 0.29) is 12.6 Å². The van der Waals surface area contributed by atoms with E-state index in [1.807, 2.05) is 16.7 Å². The van der Waals surface area contributed by atoms with Crippen molar-refractivity contribution >= 4 is 17.8 Å². The van der Waals surface area contributed by atoms with E-state index < -0.39 is 0 Å². The monoisotopic (exact) mass is 346 g/mol. The van der Waals surface area contributed by atoms with Crippen molar-refractivity contribution < 1.29 is 9.21 Å². The molecule has 128 valence electrons. The van der Waals surface area contributed by atoms with Gasteiger partial charge in [0.2, 0.25) is 11.8 Å². The van der Waals surface area contributed by atoms with Gasteiger partial charge in [-0.05, 0) is 31.9 Å². The number of urea groups is 1. The van der Waals surface area contributed by atoms with Crippen molar-refractivity contribution in [3.63, 3.8) is 0 Å². The Kier molecular flexibility index (Phi) is 5.40. The van der Waals surface area contributed by atoms with E-state index >= 15 is 0 Å². The number of hydrogen-bond donors (Lipinski definition) is 1. The first-order valence-electron chi connectivity index (χ1n) is 8.15. The second kappa shape index (κ2) is 7.70. The summed E-state index contributed by atoms with van der Waals surface area (Å²) < 4.78 is 5.26. The molecular formula is C17H22N4O2S. The number of nitrogens with one attached hydrogen (secondary N) is 1. The van der Waals surface area contributed by atoms with Crippen LogP contribution >= 0.6 is 11.8 Å². The summed E-state index contributed by atoms with van der Waals surface area (Å²) >= 11 is 1.91. The van der Waals surface area contributed by atoms with E-state index in [1.165, 1.54) is 10.5 Å². The third kappa shape index (κ3) is 4.50. The summed E-state index contributed by atoms with van der Waals surface area (Å²) in [6.07, 6.45) is 2.01. The van der Waals surface area contributed by atoms with Crippen LogP contribution in [0, 0.1) is 13.8 Å². The van der Waals surface area contributed by atoms with Gasteiger partial charge in [0.1, 0.15) is 0 Å². The summed E-state index contributed by atoms with van der Waals surface area (Å²) in [5, 5.41) is 11.0. The van der Waals surface area contributed by atoms with Crippen LogP contribution in [0.4, 0.5) is 4.79 Å². The van der Waals surface area contributed by atoms with Crippen molar-refractivity contribution in [2.24, 2.45) is 0 Å². The number of aryl methyl sites for hydroxylation is 2. The number of benzene rings is 1. The minimum atomic E-state index is -0.0649. The van der Waals surface area contributed by atoms with Crippen molar-refractivity contribution in [1.82, 2.24) is 20.4 Å². The molecule has 0 saturated carbocycles. The molecule has 24 heavy (non-hydrogen) atoms. The lowest BCUT2D eigenvalue weighted by molar-refractivity contribution is 0.186. The van der Waals surface area contributed by atoms with E-state index in [9.17, 15) is 4.79 Å². The topological polar surface area (TPSA) is 71.3 Å². The van der Waals surface area contributed by atoms with Gasteiger partial charge in [-0.3, -0.25) is 0 Å². The molecule has 6 nitrogen and oxygen atoms in total. The number of likely N-dealkylation sites (tertiary alicyclic amines) is 1. The molecule has 1 saturated heterocycles. The van der Waals surface area contributed by atoms with Crippen LogP contribution in [0.25, 0.3) is 0 Å². The molecule has 2 heterocycles. The van der Waals surface area contributed by atoms with Crippen LogP contribution in [-0.2, 0) is 6.54 Å². The van der Waals surface area contributed by atoms with Crippen molar-refractivity contribution in [3.05, 3.63) is 41.6 Å². The smallest absolute Gasteiger partial charge is 0.317 e. The number of piperidine rings is 1. The first kappa shape index (κ1) is 16.8. The summed E-state index contributed by atoms with van der Waals surface area (Å²) in [6, 6.07) is 8.52. The Morgan fingerprint density at radius 1 is 1.33 bits per heavy atom. The number of carbonyl (C=O) groups is 1. The predicted molar refractivity (Wildman–Crippen MR) is 92.9 cm³/mol. The Labute approximate surface area is 146 Å². The van der Waals surface area contributed by atoms with E-state index in [2.05, 4.69) is 46.7 Å². The zero-order chi connectivity index (χ0) is 16.9. The highest BCUT2D eigenvalue weighted by Gasteiger charge is 2.23. The Morgan fingerprint density at radius 3 is 2.79 bits per heavy atom. The lowest BCUT2D eigenvalue weighted by Crippen LogP contribution is -2.44. The number of aromatic nitrogens is 2. The van der Waals surface area contributed by atoms with Crippen molar-refractivity contribution in [2.45, 2.75) is 43.4 Å². The second-order valence-electron chi connectivity index (χ2n) is 5.99. The largest absolute Gasteiger partial charge is 0.424 e. The minimum absolute atomic E-state index is 0.0649. The summed E-state index contributed by atoms with van der Waals surface area (Å²) in [5.41, 5.74) is 1.29. The number of nitrogens with zero attached hydrogens (tertiary/aromatic N) is 3. The predicted octanol–water partition coefficient (Wildman–Crippen LogP) is 3.15. The Bertz CT molecular complexity index is 695. The molecule has 1 aromatic heterocycles. The minimum Gasteiger partial charge on any atom is -0.424 e. The van der Waals surface area contributed by atoms with Crippen LogP contribution in [0.1, 0.15) is 30.2 Å². The van der Waals surface area contributed by atoms with Crippen LogP contribution in [0.3, 0.4) is 0 Å². The molecule has 2 amide bonds. The van der Waals surface area contributed by atoms with Crippen molar-refractivity contribution in [3.8, 4) is 0 Å². The van der Waals surface area contributed by atoms with Crippen LogP contribution in [-0.4, -0.2) is 39.5 Å². The number of amides is 2. The maximum Gasteiger partial charge on any atom is 0.317 e. The quantitative estimate of drug-likeness (QED) is 0.921. The molecule has 3 rings (SSSR count). The van der Waals surface area contributed by atoms with Gasteiger partial charge in [0.05, 0.1) is 6.54 Å². The van der Waals surface area contributed by atoms with Gasteiger partial charge in [0.15, 0.2) is 0 Å². The average molecular weight is 346 g/mol. The van der Waals surface area contributed by atoms with Crippen molar-refractivity contribution in [1.29, 1.82) is 0 Å². The molecular weight excluding hydrogens is 324 g/mol. The number of thioether (sulfide) groups is 1. The third-order valence-electron chi connectivity index (χ3n) is 3.98. The Hall–Kier alpha value is -2.02. The average Bonchev–Trinajstić information content (AvgIpc) is 2.99. The lowest BCUT2D eigenvalue weighted by Gasteiger charge is -2.31. The Balaban J connectivity index is 1.43. The molecule has 1 N–H and O–H groups in total. The van der Waals surface area contributed by atoms with Crippen LogP contribution in [0.5, 0.6) is 0 Å². The highest BCUT2D eigenvalue weighted by atomic mass is 32.2. The number of hydrogen-bond acceptors (Lipinski definition) is 5. The molecule has 0 radical (unpaired) electrons. The van der Waals surface area contributed by atoms with Crippen molar-refractivity contribution in [2.75, 3.05) is 13.1 Å². The summed E-state index contributed by atoms with van der Waals surface area (Å²) in [7, 11) is 0. The molecule has 1 aliphatic rings. The van der Waals surface area contributed by atoms with Crippen LogP contribution in [0.15, 0.2) is 33.6 Å². The molecule has 0 unspecified atom stereocenters. The van der Waals surface area contributed by atoms with Gasteiger partial charge in [0, 0.05) is 30.2 Å². The SMILES string of the molecule is Cc1cccc(SC2CCN(C(=O)NCc3nnc(C)o3)CC2)c1. The first-order valence-corrected chi connectivity index (χ1v) is 9.03. The van der Waals surface area contributed by atoms with Gasteiger partial charge in [-0.1, -0.05) is 17.7 Å². The molecule has 0 bridgehead atoms. The highest BCUT2D eigenvalue weighted by molar-refractivity contribution is 8.00. The lowest BCUT2D eigenvalue weighted by atomic mass is 10.1. The maximum absolute atomic E-state index is 12.2. The first-order chi connectivity index (χ1) is 11.6. The fourth-order valence-electron chi connectivity index (χ4n) is 2.73. The molecule has 0 atom stereocenters. The second-order valence-corrected chi connectivity index (χ2v) is 7.37. The summed E-state index contributed by atoms with van der Waals surface area (Å²) in [4.78, 5) is 15.4. The molecule has 2 aromatic rings. The van der Waals surface area contributed by atoms with Gasteiger partial charge < -0.3 is 14.6 Å². The maximum atomic E-state index is 12.2. The summed E-state index contributed by atoms with van der Waals surface area (Å²) in [5.74, 6) is 0.943. The fraction of sp³-hybridized carbons (Fsp3) is 0.471. The van der Waals surface area contributed by atoms with Gasteiger partial charge in [0.25, 0.3) is 0 Å². The normalized spacial score (nSPS) is 15.5. The van der Waals surface area contributed by atoms with Crippen LogP contribution in [0.2, 0.25) is 0 Å². The molecule has 0 spiro atoms. The van der Waals surface area contributed by atoms with E-state index in [0.717, 1.165) is 25.9 Å². The third-order valence-corrected chi connectivity index (χ3v) is 5.31. The molecule has 0 aliphatic carbocycles.